The molecule has 0 N–H and O–H groups in total. The minimum atomic E-state index is 0.929. The summed E-state index contributed by atoms with van der Waals surface area (Å²) in [6.07, 6.45) is 0. The van der Waals surface area contributed by atoms with Gasteiger partial charge < -0.3 is 9.32 Å². The van der Waals surface area contributed by atoms with Crippen molar-refractivity contribution in [2.45, 2.75) is 0 Å². The molecule has 0 bridgehead atoms. The van der Waals surface area contributed by atoms with Gasteiger partial charge in [0.2, 0.25) is 0 Å². The van der Waals surface area contributed by atoms with Gasteiger partial charge in [0.1, 0.15) is 11.2 Å². The topological polar surface area (TPSA) is 16.4 Å². The van der Waals surface area contributed by atoms with Crippen molar-refractivity contribution in [2.75, 3.05) is 4.90 Å². The van der Waals surface area contributed by atoms with Gasteiger partial charge in [-0.2, -0.15) is 0 Å². The van der Waals surface area contributed by atoms with Crippen LogP contribution in [0.25, 0.3) is 74.8 Å². The molecule has 0 atom stereocenters. The van der Waals surface area contributed by atoms with E-state index in [0.29, 0.717) is 0 Å². The first-order valence-electron chi connectivity index (χ1n) is 15.9. The maximum absolute atomic E-state index is 6.57. The van der Waals surface area contributed by atoms with Gasteiger partial charge in [-0.25, -0.2) is 0 Å². The molecule has 10 aromatic rings. The highest BCUT2D eigenvalue weighted by Gasteiger charge is 2.21. The van der Waals surface area contributed by atoms with Crippen LogP contribution in [-0.4, -0.2) is 0 Å². The highest BCUT2D eigenvalue weighted by molar-refractivity contribution is 7.26. The average Bonchev–Trinajstić information content (AvgIpc) is 3.71. The van der Waals surface area contributed by atoms with Gasteiger partial charge in [-0.05, 0) is 81.9 Å². The molecule has 220 valence electrons. The second kappa shape index (κ2) is 10.3. The number of furan rings is 1. The summed E-state index contributed by atoms with van der Waals surface area (Å²) >= 11 is 1.85. The Balaban J connectivity index is 1.17. The van der Waals surface area contributed by atoms with Gasteiger partial charge in [0, 0.05) is 43.0 Å². The molecule has 0 aliphatic rings. The molecule has 3 heteroatoms. The number of rotatable bonds is 4. The standard InChI is InChI=1S/C44H27NOS/c1-2-12-33(13-3-1)45(34-22-19-29(20-23-34)32-18-17-28-9-4-5-11-31(28)27-32)38-16-8-15-37-42-40(47-44(37)38)26-25-39-41(42)36-24-21-30-10-6-7-14-35(30)43(36)46-39/h1-27H. The number of fused-ring (bicyclic) bond motifs is 10. The van der Waals surface area contributed by atoms with E-state index >= 15 is 0 Å². The maximum atomic E-state index is 6.57. The van der Waals surface area contributed by atoms with Crippen LogP contribution in [0.2, 0.25) is 0 Å². The fourth-order valence-electron chi connectivity index (χ4n) is 7.22. The van der Waals surface area contributed by atoms with Gasteiger partial charge in [0.05, 0.1) is 10.4 Å². The zero-order valence-corrected chi connectivity index (χ0v) is 26.2. The average molecular weight is 618 g/mol. The highest BCUT2D eigenvalue weighted by Crippen LogP contribution is 2.48. The van der Waals surface area contributed by atoms with E-state index in [2.05, 4.69) is 169 Å². The third kappa shape index (κ3) is 4.10. The Labute approximate surface area is 275 Å². The third-order valence-electron chi connectivity index (χ3n) is 9.43. The number of hydrogen-bond donors (Lipinski definition) is 0. The molecule has 2 heterocycles. The Hall–Kier alpha value is -5.90. The van der Waals surface area contributed by atoms with Crippen molar-refractivity contribution >= 4 is 92.1 Å². The molecule has 0 saturated carbocycles. The normalized spacial score (nSPS) is 11.8. The molecule has 0 spiro atoms. The Morgan fingerprint density at radius 3 is 2.02 bits per heavy atom. The van der Waals surface area contributed by atoms with E-state index in [-0.39, 0.29) is 0 Å². The van der Waals surface area contributed by atoms with Crippen molar-refractivity contribution in [2.24, 2.45) is 0 Å². The van der Waals surface area contributed by atoms with Crippen molar-refractivity contribution < 1.29 is 4.42 Å². The molecule has 0 amide bonds. The molecule has 47 heavy (non-hydrogen) atoms. The smallest absolute Gasteiger partial charge is 0.143 e. The van der Waals surface area contributed by atoms with Crippen LogP contribution in [0.5, 0.6) is 0 Å². The van der Waals surface area contributed by atoms with E-state index in [1.807, 2.05) is 11.3 Å². The zero-order chi connectivity index (χ0) is 30.9. The fourth-order valence-corrected chi connectivity index (χ4v) is 8.43. The molecule has 2 nitrogen and oxygen atoms in total. The molecular weight excluding hydrogens is 591 g/mol. The largest absolute Gasteiger partial charge is 0.455 e. The number of nitrogens with zero attached hydrogens (tertiary/aromatic N) is 1. The quantitative estimate of drug-likeness (QED) is 0.195. The lowest BCUT2D eigenvalue weighted by atomic mass is 10.0. The molecule has 0 fully saturated rings. The Bertz CT molecular complexity index is 2790. The summed E-state index contributed by atoms with van der Waals surface area (Å²) in [5.74, 6) is 0. The number of para-hydroxylation sites is 1. The summed E-state index contributed by atoms with van der Waals surface area (Å²) < 4.78 is 9.09. The predicted octanol–water partition coefficient (Wildman–Crippen LogP) is 13.4. The van der Waals surface area contributed by atoms with Crippen LogP contribution in [0.4, 0.5) is 17.1 Å². The predicted molar refractivity (Wildman–Crippen MR) is 202 cm³/mol. The molecular formula is C44H27NOS. The van der Waals surface area contributed by atoms with Crippen LogP contribution < -0.4 is 4.90 Å². The lowest BCUT2D eigenvalue weighted by Gasteiger charge is -2.26. The van der Waals surface area contributed by atoms with E-state index in [1.54, 1.807) is 0 Å². The number of thiophene rings is 1. The maximum Gasteiger partial charge on any atom is 0.143 e. The molecule has 2 aromatic heterocycles. The van der Waals surface area contributed by atoms with Gasteiger partial charge in [0.25, 0.3) is 0 Å². The molecule has 0 saturated heterocycles. The van der Waals surface area contributed by atoms with E-state index in [9.17, 15) is 0 Å². The first kappa shape index (κ1) is 26.3. The van der Waals surface area contributed by atoms with E-state index in [1.165, 1.54) is 63.9 Å². The van der Waals surface area contributed by atoms with Gasteiger partial charge in [0.15, 0.2) is 0 Å². The molecule has 10 rings (SSSR count). The van der Waals surface area contributed by atoms with E-state index in [0.717, 1.165) is 27.9 Å². The fraction of sp³-hybridized carbons (Fsp3) is 0. The minimum Gasteiger partial charge on any atom is -0.455 e. The van der Waals surface area contributed by atoms with Gasteiger partial charge >= 0.3 is 0 Å². The van der Waals surface area contributed by atoms with Crippen LogP contribution in [-0.2, 0) is 0 Å². The van der Waals surface area contributed by atoms with Crippen LogP contribution in [0.1, 0.15) is 0 Å². The second-order valence-electron chi connectivity index (χ2n) is 12.1. The first-order chi connectivity index (χ1) is 23.3. The number of anilines is 3. The zero-order valence-electron chi connectivity index (χ0n) is 25.4. The lowest BCUT2D eigenvalue weighted by molar-refractivity contribution is 0.673. The summed E-state index contributed by atoms with van der Waals surface area (Å²) in [6, 6.07) is 58.9. The van der Waals surface area contributed by atoms with E-state index < -0.39 is 0 Å². The van der Waals surface area contributed by atoms with E-state index in [4.69, 9.17) is 4.42 Å². The third-order valence-corrected chi connectivity index (χ3v) is 10.6. The molecule has 0 unspecified atom stereocenters. The number of hydrogen-bond acceptors (Lipinski definition) is 3. The van der Waals surface area contributed by atoms with Crippen LogP contribution in [0.3, 0.4) is 0 Å². The Morgan fingerprint density at radius 2 is 1.15 bits per heavy atom. The monoisotopic (exact) mass is 617 g/mol. The molecule has 8 aromatic carbocycles. The number of benzene rings is 8. The van der Waals surface area contributed by atoms with Crippen molar-refractivity contribution in [3.8, 4) is 11.1 Å². The van der Waals surface area contributed by atoms with Crippen molar-refractivity contribution in [3.05, 3.63) is 164 Å². The summed E-state index contributed by atoms with van der Waals surface area (Å²) in [7, 11) is 0. The minimum absolute atomic E-state index is 0.929. The molecule has 0 aliphatic heterocycles. The SMILES string of the molecule is c1ccc(N(c2ccc(-c3ccc4ccccc4c3)cc2)c2cccc3c2sc2ccc4oc5c6ccccc6ccc5c4c23)cc1. The Morgan fingerprint density at radius 1 is 0.447 bits per heavy atom. The van der Waals surface area contributed by atoms with Crippen LogP contribution in [0, 0.1) is 0 Å². The van der Waals surface area contributed by atoms with Crippen molar-refractivity contribution in [1.82, 2.24) is 0 Å². The Kier molecular flexibility index (Phi) is 5.78. The molecule has 0 aliphatic carbocycles. The van der Waals surface area contributed by atoms with Gasteiger partial charge in [-0.1, -0.05) is 109 Å². The lowest BCUT2D eigenvalue weighted by Crippen LogP contribution is -2.09. The second-order valence-corrected chi connectivity index (χ2v) is 13.2. The summed E-state index contributed by atoms with van der Waals surface area (Å²) in [5, 5.41) is 9.72. The van der Waals surface area contributed by atoms with Gasteiger partial charge in [-0.3, -0.25) is 0 Å². The summed E-state index contributed by atoms with van der Waals surface area (Å²) in [6.45, 7) is 0. The van der Waals surface area contributed by atoms with Crippen molar-refractivity contribution in [3.63, 3.8) is 0 Å². The van der Waals surface area contributed by atoms with Crippen LogP contribution in [0.15, 0.2) is 168 Å². The van der Waals surface area contributed by atoms with Crippen LogP contribution >= 0.6 is 11.3 Å². The first-order valence-corrected chi connectivity index (χ1v) is 16.7. The van der Waals surface area contributed by atoms with Gasteiger partial charge in [-0.15, -0.1) is 11.3 Å². The summed E-state index contributed by atoms with van der Waals surface area (Å²) in [5.41, 5.74) is 7.72. The highest BCUT2D eigenvalue weighted by atomic mass is 32.1. The molecule has 0 radical (unpaired) electrons. The summed E-state index contributed by atoms with van der Waals surface area (Å²) in [4.78, 5) is 2.39. The van der Waals surface area contributed by atoms with Crippen molar-refractivity contribution in [1.29, 1.82) is 0 Å².